The quantitative estimate of drug-likeness (QED) is 0.551. The van der Waals surface area contributed by atoms with E-state index in [-0.39, 0.29) is 0 Å². The molecule has 1 rings (SSSR count). The van der Waals surface area contributed by atoms with Gasteiger partial charge in [0.05, 0.1) is 0 Å². The lowest BCUT2D eigenvalue weighted by Crippen LogP contribution is -2.24. The first-order valence-corrected chi connectivity index (χ1v) is 5.44. The summed E-state index contributed by atoms with van der Waals surface area (Å²) in [5.41, 5.74) is 3.78. The monoisotopic (exact) mass is 208 g/mol. The number of hydrazine groups is 1. The van der Waals surface area contributed by atoms with Crippen LogP contribution in [-0.4, -0.2) is 23.0 Å². The minimum atomic E-state index is 0.770. The molecule has 0 aliphatic rings. The van der Waals surface area contributed by atoms with E-state index in [0.29, 0.717) is 0 Å². The minimum absolute atomic E-state index is 0.770. The molecule has 0 spiro atoms. The van der Waals surface area contributed by atoms with Gasteiger partial charge < -0.3 is 5.43 Å². The van der Waals surface area contributed by atoms with Crippen LogP contribution >= 0.6 is 0 Å². The predicted octanol–water partition coefficient (Wildman–Crippen LogP) is 1.60. The molecule has 0 aliphatic carbocycles. The second kappa shape index (κ2) is 6.37. The molecule has 0 bridgehead atoms. The van der Waals surface area contributed by atoms with Crippen LogP contribution in [0.5, 0.6) is 0 Å². The summed E-state index contributed by atoms with van der Waals surface area (Å²) in [5.74, 6) is 6.18. The molecule has 0 atom stereocenters. The second-order valence-corrected chi connectivity index (χ2v) is 3.52. The van der Waals surface area contributed by atoms with Crippen molar-refractivity contribution in [2.75, 3.05) is 18.5 Å². The van der Waals surface area contributed by atoms with E-state index in [9.17, 15) is 0 Å². The van der Waals surface area contributed by atoms with E-state index in [1.165, 1.54) is 6.42 Å². The third kappa shape index (κ3) is 3.49. The number of hydrogen-bond donors (Lipinski definition) is 2. The predicted molar refractivity (Wildman–Crippen MR) is 63.3 cm³/mol. The van der Waals surface area contributed by atoms with Crippen molar-refractivity contribution in [1.29, 1.82) is 0 Å². The van der Waals surface area contributed by atoms with Crippen LogP contribution in [0.2, 0.25) is 0 Å². The van der Waals surface area contributed by atoms with Crippen molar-refractivity contribution in [3.8, 4) is 0 Å². The zero-order valence-electron chi connectivity index (χ0n) is 9.53. The normalized spacial score (nSPS) is 10.7. The summed E-state index contributed by atoms with van der Waals surface area (Å²) >= 11 is 0. The van der Waals surface area contributed by atoms with Gasteiger partial charge >= 0.3 is 0 Å². The second-order valence-electron chi connectivity index (χ2n) is 3.52. The molecule has 0 radical (unpaired) electrons. The van der Waals surface area contributed by atoms with Crippen LogP contribution in [0, 0.1) is 0 Å². The van der Waals surface area contributed by atoms with Crippen LogP contribution < -0.4 is 11.3 Å². The number of nitrogens with one attached hydrogen (secondary N) is 1. The van der Waals surface area contributed by atoms with E-state index in [1.807, 2.05) is 6.07 Å². The van der Waals surface area contributed by atoms with Crippen molar-refractivity contribution in [2.24, 2.45) is 5.84 Å². The van der Waals surface area contributed by atoms with E-state index >= 15 is 0 Å². The van der Waals surface area contributed by atoms with Crippen LogP contribution in [0.4, 0.5) is 5.82 Å². The zero-order valence-corrected chi connectivity index (χ0v) is 9.53. The van der Waals surface area contributed by atoms with Gasteiger partial charge in [0.2, 0.25) is 0 Å². The maximum absolute atomic E-state index is 5.41. The zero-order chi connectivity index (χ0) is 11.1. The van der Waals surface area contributed by atoms with Crippen LogP contribution in [-0.2, 0) is 6.54 Å². The summed E-state index contributed by atoms with van der Waals surface area (Å²) in [5, 5.41) is 0. The number of pyridine rings is 1. The maximum atomic E-state index is 5.41. The molecule has 0 fully saturated rings. The van der Waals surface area contributed by atoms with Crippen molar-refractivity contribution in [3.63, 3.8) is 0 Å². The van der Waals surface area contributed by atoms with Crippen molar-refractivity contribution < 1.29 is 0 Å². The van der Waals surface area contributed by atoms with Crippen LogP contribution in [0.3, 0.4) is 0 Å². The number of rotatable bonds is 6. The third-order valence-corrected chi connectivity index (χ3v) is 2.41. The summed E-state index contributed by atoms with van der Waals surface area (Å²) in [7, 11) is 0. The Morgan fingerprint density at radius 3 is 2.87 bits per heavy atom. The molecule has 3 N–H and O–H groups in total. The molecule has 0 saturated heterocycles. The molecular formula is C11H20N4. The first kappa shape index (κ1) is 11.9. The Bertz CT molecular complexity index is 288. The Morgan fingerprint density at radius 2 is 2.27 bits per heavy atom. The smallest absolute Gasteiger partial charge is 0.144 e. The molecule has 0 aliphatic heterocycles. The van der Waals surface area contributed by atoms with E-state index in [2.05, 4.69) is 35.2 Å². The molecule has 4 nitrogen and oxygen atoms in total. The lowest BCUT2D eigenvalue weighted by molar-refractivity contribution is 0.281. The molecule has 15 heavy (non-hydrogen) atoms. The number of anilines is 1. The van der Waals surface area contributed by atoms with Crippen LogP contribution in [0.1, 0.15) is 25.8 Å². The molecule has 4 heteroatoms. The summed E-state index contributed by atoms with van der Waals surface area (Å²) < 4.78 is 0. The van der Waals surface area contributed by atoms with E-state index in [1.54, 1.807) is 6.20 Å². The number of nitrogens with zero attached hydrogens (tertiary/aromatic N) is 2. The van der Waals surface area contributed by atoms with Crippen molar-refractivity contribution >= 4 is 5.82 Å². The average Bonchev–Trinajstić information content (AvgIpc) is 2.29. The Kier molecular flexibility index (Phi) is 5.07. The number of nitrogens with two attached hydrogens (primary N) is 1. The summed E-state index contributed by atoms with van der Waals surface area (Å²) in [6, 6.07) is 4.00. The highest BCUT2D eigenvalue weighted by Crippen LogP contribution is 2.12. The first-order chi connectivity index (χ1) is 7.31. The SMILES string of the molecule is CCCN(CC)Cc1cccnc1NN. The van der Waals surface area contributed by atoms with Gasteiger partial charge in [0.1, 0.15) is 5.82 Å². The Labute approximate surface area is 91.5 Å². The van der Waals surface area contributed by atoms with Gasteiger partial charge in [-0.25, -0.2) is 10.8 Å². The summed E-state index contributed by atoms with van der Waals surface area (Å²) in [6.45, 7) is 7.41. The molecule has 84 valence electrons. The standard InChI is InChI=1S/C11H20N4/c1-3-8-15(4-2)9-10-6-5-7-13-11(10)14-12/h5-7H,3-4,8-9,12H2,1-2H3,(H,13,14). The highest BCUT2D eigenvalue weighted by Gasteiger charge is 2.06. The minimum Gasteiger partial charge on any atom is -0.308 e. The largest absolute Gasteiger partial charge is 0.308 e. The lowest BCUT2D eigenvalue weighted by Gasteiger charge is -2.20. The number of hydrogen-bond acceptors (Lipinski definition) is 4. The van der Waals surface area contributed by atoms with Crippen LogP contribution in [0.25, 0.3) is 0 Å². The third-order valence-electron chi connectivity index (χ3n) is 2.41. The van der Waals surface area contributed by atoms with Gasteiger partial charge in [0, 0.05) is 18.3 Å². The van der Waals surface area contributed by atoms with Gasteiger partial charge in [0.15, 0.2) is 0 Å². The lowest BCUT2D eigenvalue weighted by atomic mass is 10.2. The highest BCUT2D eigenvalue weighted by atomic mass is 15.3. The van der Waals surface area contributed by atoms with Crippen molar-refractivity contribution in [1.82, 2.24) is 9.88 Å². The molecule has 0 unspecified atom stereocenters. The van der Waals surface area contributed by atoms with Gasteiger partial charge in [-0.1, -0.05) is 19.9 Å². The fourth-order valence-electron chi connectivity index (χ4n) is 1.60. The average molecular weight is 208 g/mol. The molecule has 0 saturated carbocycles. The first-order valence-electron chi connectivity index (χ1n) is 5.44. The molecule has 0 aromatic carbocycles. The van der Waals surface area contributed by atoms with Gasteiger partial charge in [-0.05, 0) is 25.6 Å². The van der Waals surface area contributed by atoms with Gasteiger partial charge in [-0.2, -0.15) is 0 Å². The molecule has 1 heterocycles. The summed E-state index contributed by atoms with van der Waals surface area (Å²) in [6.07, 6.45) is 2.91. The van der Waals surface area contributed by atoms with Crippen molar-refractivity contribution in [2.45, 2.75) is 26.8 Å². The van der Waals surface area contributed by atoms with E-state index < -0.39 is 0 Å². The molecule has 0 amide bonds. The Hall–Kier alpha value is -1.13. The van der Waals surface area contributed by atoms with Crippen molar-refractivity contribution in [3.05, 3.63) is 23.9 Å². The number of aromatic nitrogens is 1. The molecule has 1 aromatic rings. The van der Waals surface area contributed by atoms with Gasteiger partial charge in [-0.3, -0.25) is 4.90 Å². The fraction of sp³-hybridized carbons (Fsp3) is 0.545. The van der Waals surface area contributed by atoms with Gasteiger partial charge in [0.25, 0.3) is 0 Å². The van der Waals surface area contributed by atoms with Gasteiger partial charge in [-0.15, -0.1) is 0 Å². The van der Waals surface area contributed by atoms with Crippen LogP contribution in [0.15, 0.2) is 18.3 Å². The fourth-order valence-corrected chi connectivity index (χ4v) is 1.60. The summed E-state index contributed by atoms with van der Waals surface area (Å²) in [4.78, 5) is 6.55. The number of nitrogen functional groups attached to an aromatic ring is 1. The Balaban J connectivity index is 2.69. The molecule has 1 aromatic heterocycles. The Morgan fingerprint density at radius 1 is 1.47 bits per heavy atom. The molecular weight excluding hydrogens is 188 g/mol. The van der Waals surface area contributed by atoms with E-state index in [4.69, 9.17) is 5.84 Å². The highest BCUT2D eigenvalue weighted by molar-refractivity contribution is 5.42. The van der Waals surface area contributed by atoms with E-state index in [0.717, 1.165) is 31.0 Å². The topological polar surface area (TPSA) is 54.2 Å². The maximum Gasteiger partial charge on any atom is 0.144 e.